The predicted octanol–water partition coefficient (Wildman–Crippen LogP) is 2.26. The lowest BCUT2D eigenvalue weighted by molar-refractivity contribution is -0.134. The van der Waals surface area contributed by atoms with Gasteiger partial charge in [0.25, 0.3) is 5.97 Å². The van der Waals surface area contributed by atoms with Crippen LogP contribution in [0.4, 0.5) is 0 Å². The van der Waals surface area contributed by atoms with E-state index in [4.69, 9.17) is 8.85 Å². The van der Waals surface area contributed by atoms with Gasteiger partial charge in [0.15, 0.2) is 0 Å². The van der Waals surface area contributed by atoms with Gasteiger partial charge in [-0.15, -0.1) is 0 Å². The van der Waals surface area contributed by atoms with Crippen LogP contribution < -0.4 is 0 Å². The molecule has 1 radical (unpaired) electrons. The maximum atomic E-state index is 10.7. The fraction of sp³-hybridized carbons (Fsp3) is 0.889. The second-order valence-electron chi connectivity index (χ2n) is 3.93. The SMILES string of the molecule is CCC[Si](OC(C)=O)OC(C)(C)C. The maximum Gasteiger partial charge on any atom is 0.460 e. The fourth-order valence-corrected chi connectivity index (χ4v) is 2.49. The van der Waals surface area contributed by atoms with Gasteiger partial charge in [-0.1, -0.05) is 13.3 Å². The normalized spacial score (nSPS) is 11.8. The van der Waals surface area contributed by atoms with Crippen molar-refractivity contribution in [1.82, 2.24) is 0 Å². The Morgan fingerprint density at radius 3 is 2.23 bits per heavy atom. The Bertz CT molecular complexity index is 163. The minimum Gasteiger partial charge on any atom is -0.492 e. The molecule has 0 rings (SSSR count). The first-order chi connectivity index (χ1) is 5.85. The number of rotatable bonds is 4. The van der Waals surface area contributed by atoms with E-state index in [1.165, 1.54) is 6.92 Å². The van der Waals surface area contributed by atoms with E-state index in [0.717, 1.165) is 12.5 Å². The van der Waals surface area contributed by atoms with Crippen LogP contribution in [-0.2, 0) is 13.6 Å². The maximum absolute atomic E-state index is 10.7. The third kappa shape index (κ3) is 7.99. The molecule has 0 aliphatic carbocycles. The number of hydrogen-bond donors (Lipinski definition) is 0. The molecule has 0 aromatic carbocycles. The van der Waals surface area contributed by atoms with Gasteiger partial charge >= 0.3 is 9.28 Å². The summed E-state index contributed by atoms with van der Waals surface area (Å²) >= 11 is 0. The molecule has 13 heavy (non-hydrogen) atoms. The summed E-state index contributed by atoms with van der Waals surface area (Å²) in [6.07, 6.45) is 0.984. The van der Waals surface area contributed by atoms with Gasteiger partial charge in [0, 0.05) is 13.0 Å². The molecule has 0 fully saturated rings. The minimum atomic E-state index is -1.40. The van der Waals surface area contributed by atoms with Crippen molar-refractivity contribution < 1.29 is 13.6 Å². The fourth-order valence-electron chi connectivity index (χ4n) is 0.829. The van der Waals surface area contributed by atoms with Gasteiger partial charge in [-0.3, -0.25) is 4.79 Å². The Morgan fingerprint density at radius 1 is 1.38 bits per heavy atom. The van der Waals surface area contributed by atoms with E-state index in [-0.39, 0.29) is 11.6 Å². The zero-order valence-electron chi connectivity index (χ0n) is 9.14. The summed E-state index contributed by atoms with van der Waals surface area (Å²) in [5.74, 6) is -0.244. The Labute approximate surface area is 82.3 Å². The van der Waals surface area contributed by atoms with E-state index in [9.17, 15) is 4.79 Å². The Kier molecular flexibility index (Phi) is 5.25. The molecule has 0 aromatic rings. The van der Waals surface area contributed by atoms with E-state index in [2.05, 4.69) is 6.92 Å². The van der Waals surface area contributed by atoms with Crippen molar-refractivity contribution >= 4 is 15.3 Å². The largest absolute Gasteiger partial charge is 0.492 e. The Morgan fingerprint density at radius 2 is 1.92 bits per heavy atom. The topological polar surface area (TPSA) is 35.5 Å². The molecule has 77 valence electrons. The van der Waals surface area contributed by atoms with Crippen LogP contribution in [0.25, 0.3) is 0 Å². The average Bonchev–Trinajstić information content (AvgIpc) is 1.81. The van der Waals surface area contributed by atoms with Gasteiger partial charge in [0.1, 0.15) is 0 Å². The summed E-state index contributed by atoms with van der Waals surface area (Å²) < 4.78 is 10.8. The molecule has 0 atom stereocenters. The molecule has 0 heterocycles. The molecule has 0 N–H and O–H groups in total. The molecule has 0 aliphatic heterocycles. The molecule has 0 saturated heterocycles. The zero-order chi connectivity index (χ0) is 10.5. The van der Waals surface area contributed by atoms with Gasteiger partial charge in [-0.2, -0.15) is 0 Å². The van der Waals surface area contributed by atoms with Crippen molar-refractivity contribution in [2.75, 3.05) is 0 Å². The van der Waals surface area contributed by atoms with Crippen LogP contribution in [-0.4, -0.2) is 20.9 Å². The van der Waals surface area contributed by atoms with E-state index in [1.54, 1.807) is 0 Å². The smallest absolute Gasteiger partial charge is 0.460 e. The molecule has 0 unspecified atom stereocenters. The van der Waals surface area contributed by atoms with Gasteiger partial charge in [0.2, 0.25) is 0 Å². The zero-order valence-corrected chi connectivity index (χ0v) is 10.1. The highest BCUT2D eigenvalue weighted by Gasteiger charge is 2.25. The second-order valence-corrected chi connectivity index (χ2v) is 5.58. The lowest BCUT2D eigenvalue weighted by Gasteiger charge is -2.24. The summed E-state index contributed by atoms with van der Waals surface area (Å²) in [5, 5.41) is 0. The molecule has 0 saturated carbocycles. The van der Waals surface area contributed by atoms with Crippen molar-refractivity contribution in [3.8, 4) is 0 Å². The number of carbonyl (C=O) groups is 1. The van der Waals surface area contributed by atoms with Gasteiger partial charge in [-0.25, -0.2) is 0 Å². The minimum absolute atomic E-state index is 0.223. The molecular formula is C9H19O3Si. The third-order valence-electron chi connectivity index (χ3n) is 1.13. The first kappa shape index (κ1) is 12.6. The molecule has 4 heteroatoms. The summed E-state index contributed by atoms with van der Waals surface area (Å²) in [6, 6.07) is 0.849. The van der Waals surface area contributed by atoms with Crippen LogP contribution in [0.3, 0.4) is 0 Å². The lowest BCUT2D eigenvalue weighted by Crippen LogP contribution is -2.34. The van der Waals surface area contributed by atoms with Crippen molar-refractivity contribution in [3.63, 3.8) is 0 Å². The van der Waals surface area contributed by atoms with Crippen LogP contribution in [0.2, 0.25) is 6.04 Å². The summed E-state index contributed by atoms with van der Waals surface area (Å²) in [5.41, 5.74) is -0.223. The molecule has 0 aliphatic rings. The van der Waals surface area contributed by atoms with Crippen LogP contribution in [0.1, 0.15) is 41.0 Å². The van der Waals surface area contributed by atoms with E-state index >= 15 is 0 Å². The second kappa shape index (κ2) is 5.39. The van der Waals surface area contributed by atoms with E-state index in [0.29, 0.717) is 0 Å². The first-order valence-corrected chi connectivity index (χ1v) is 6.10. The molecular weight excluding hydrogens is 184 g/mol. The average molecular weight is 203 g/mol. The predicted molar refractivity (Wildman–Crippen MR) is 53.5 cm³/mol. The number of hydrogen-bond acceptors (Lipinski definition) is 3. The van der Waals surface area contributed by atoms with Crippen molar-refractivity contribution in [2.45, 2.75) is 52.7 Å². The highest BCUT2D eigenvalue weighted by Crippen LogP contribution is 2.13. The highest BCUT2D eigenvalue weighted by molar-refractivity contribution is 6.46. The van der Waals surface area contributed by atoms with Crippen molar-refractivity contribution in [2.24, 2.45) is 0 Å². The Balaban J connectivity index is 4.01. The monoisotopic (exact) mass is 203 g/mol. The van der Waals surface area contributed by atoms with E-state index in [1.807, 2.05) is 20.8 Å². The van der Waals surface area contributed by atoms with Crippen LogP contribution in [0.15, 0.2) is 0 Å². The van der Waals surface area contributed by atoms with Crippen LogP contribution >= 0.6 is 0 Å². The third-order valence-corrected chi connectivity index (χ3v) is 3.40. The van der Waals surface area contributed by atoms with E-state index < -0.39 is 9.28 Å². The Hall–Kier alpha value is -0.353. The molecule has 0 spiro atoms. The highest BCUT2D eigenvalue weighted by atomic mass is 28.3. The number of carbonyl (C=O) groups excluding carboxylic acids is 1. The summed E-state index contributed by atoms with van der Waals surface area (Å²) in [7, 11) is -1.40. The molecule has 3 nitrogen and oxygen atoms in total. The van der Waals surface area contributed by atoms with Crippen molar-refractivity contribution in [1.29, 1.82) is 0 Å². The molecule has 0 bridgehead atoms. The summed E-state index contributed by atoms with van der Waals surface area (Å²) in [4.78, 5) is 10.7. The van der Waals surface area contributed by atoms with Gasteiger partial charge in [0.05, 0.1) is 5.60 Å². The molecule has 0 aromatic heterocycles. The van der Waals surface area contributed by atoms with Crippen molar-refractivity contribution in [3.05, 3.63) is 0 Å². The summed E-state index contributed by atoms with van der Waals surface area (Å²) in [6.45, 7) is 9.39. The van der Waals surface area contributed by atoms with Crippen LogP contribution in [0.5, 0.6) is 0 Å². The van der Waals surface area contributed by atoms with Crippen LogP contribution in [0, 0.1) is 0 Å². The quantitative estimate of drug-likeness (QED) is 0.657. The molecule has 0 amide bonds. The first-order valence-electron chi connectivity index (χ1n) is 4.58. The lowest BCUT2D eigenvalue weighted by atomic mass is 10.2. The standard InChI is InChI=1S/C9H19O3Si/c1-6-7-13(11-8(2)10)12-9(3,4)5/h6-7H2,1-5H3. The van der Waals surface area contributed by atoms with Gasteiger partial charge < -0.3 is 8.85 Å². The van der Waals surface area contributed by atoms with Gasteiger partial charge in [-0.05, 0) is 20.8 Å².